The fourth-order valence-corrected chi connectivity index (χ4v) is 8.38. The molecule has 2 atom stereocenters. The van der Waals surface area contributed by atoms with Crippen molar-refractivity contribution in [3.05, 3.63) is 35.9 Å². The van der Waals surface area contributed by atoms with Crippen molar-refractivity contribution in [1.82, 2.24) is 29.7 Å². The Kier molecular flexibility index (Phi) is 29.9. The van der Waals surface area contributed by atoms with Gasteiger partial charge in [0.2, 0.25) is 5.28 Å². The molecule has 2 fully saturated rings. The van der Waals surface area contributed by atoms with Crippen molar-refractivity contribution in [2.45, 2.75) is 39.8 Å². The molecular weight excluding hydrogens is 841 g/mol. The molecule has 69 heavy (non-hydrogen) atoms. The second-order valence-electron chi connectivity index (χ2n) is 17.9. The lowest BCUT2D eigenvalue weighted by Crippen LogP contribution is -2.86. The minimum absolute atomic E-state index is 0.0156. The Morgan fingerprint density at radius 2 is 0.899 bits per heavy atom. The van der Waals surface area contributed by atoms with E-state index in [1.807, 2.05) is 13.8 Å². The number of halogens is 2. The van der Waals surface area contributed by atoms with Gasteiger partial charge in [-0.2, -0.15) is 9.37 Å². The maximum atomic E-state index is 13.0. The monoisotopic (exact) mass is 878 g/mol. The first kappa shape index (κ1) is 66.2. The Morgan fingerprint density at radius 3 is 1.17 bits per heavy atom. The van der Waals surface area contributed by atoms with Crippen LogP contribution in [0.3, 0.4) is 0 Å². The summed E-state index contributed by atoms with van der Waals surface area (Å²) < 4.78 is 13.0. The van der Waals surface area contributed by atoms with Crippen LogP contribution in [0, 0.1) is 17.9 Å². The molecule has 2 saturated heterocycles. The quantitative estimate of drug-likeness (QED) is 0.109. The number of rotatable bonds is 18. The van der Waals surface area contributed by atoms with Crippen molar-refractivity contribution >= 4 is 285 Å². The van der Waals surface area contributed by atoms with Gasteiger partial charge >= 0.3 is 18.1 Å². The van der Waals surface area contributed by atoms with Gasteiger partial charge in [0.25, 0.3) is 0 Å². The number of nitrogens with zero attached hydrogens (tertiary/aromatic N) is 8. The van der Waals surface area contributed by atoms with Gasteiger partial charge in [-0.25, -0.2) is 24.5 Å². The number of amides is 4. The Labute approximate surface area is 450 Å². The van der Waals surface area contributed by atoms with Crippen molar-refractivity contribution in [3.63, 3.8) is 0 Å². The highest BCUT2D eigenvalue weighted by Gasteiger charge is 2.50. The SMILES string of the molecule is CC(C)[C@H]1CN(C)C(=O)N1c1ccnc(Cl)n1.CC(C)[C@H]1CN(C)C(=O)N1c1ccnc(F)n1.[B]B([B])B([B])B([B])[B].[B][B]B([B])B(B(B([B])[B])B([B])[B])B(B(B([B])[B])B([B])[B])B(B([B])[B])B([B])[B]. The molecule has 2 aliphatic rings. The summed E-state index contributed by atoms with van der Waals surface area (Å²) in [5.74, 6) is 1.53. The summed E-state index contributed by atoms with van der Waals surface area (Å²) >= 11 is 5.76. The molecule has 0 saturated carbocycles. The summed E-state index contributed by atoms with van der Waals surface area (Å²) in [6, 6.07) is 3.20. The number of anilines is 2. The van der Waals surface area contributed by atoms with Crippen molar-refractivity contribution in [1.29, 1.82) is 0 Å². The molecule has 2 aliphatic heterocycles. The minimum Gasteiger partial charge on any atom is -0.325 e. The maximum absolute atomic E-state index is 13.0. The number of aromatic nitrogens is 4. The van der Waals surface area contributed by atoms with Crippen molar-refractivity contribution in [2.75, 3.05) is 37.0 Å². The Morgan fingerprint density at radius 1 is 0.565 bits per heavy atom. The van der Waals surface area contributed by atoms with Crippen LogP contribution in [0.5, 0.6) is 0 Å². The van der Waals surface area contributed by atoms with Gasteiger partial charge in [-0.1, -0.05) is 27.7 Å². The van der Waals surface area contributed by atoms with Gasteiger partial charge < -0.3 is 9.80 Å². The summed E-state index contributed by atoms with van der Waals surface area (Å²) in [7, 11) is 114. The minimum atomic E-state index is -0.994. The molecule has 4 heterocycles. The number of carbonyl (C=O) groups excluding carboxylic acids is 2. The van der Waals surface area contributed by atoms with Crippen molar-refractivity contribution in [3.8, 4) is 0 Å². The van der Waals surface area contributed by atoms with Crippen LogP contribution in [0.15, 0.2) is 24.5 Å². The highest BCUT2D eigenvalue weighted by atomic mass is 35.5. The second kappa shape index (κ2) is 31.2. The van der Waals surface area contributed by atoms with Crippen molar-refractivity contribution in [2.24, 2.45) is 11.8 Å². The standard InChI is InChI=1S/C11H15ClN4O.C11H15FN4O.B27.B8/c2*1-7(2)8-6-15(3)11(17)16(8)9-4-5-13-10(12)14-9;1-15-22(14)26(23(16(2)3)17(4)5)27(24(18(6)7)19(8)9)25(20(10)11)21(12)13;1-6(2)8(5)7(3)4/h2*4-5,7-8H,6H2,1-3H3;;/t2*8-;;/m11../s1. The average molecular weight is 871 g/mol. The number of carbonyl (C=O) groups is 2. The zero-order valence-corrected chi connectivity index (χ0v) is 41.1. The zero-order valence-electron chi connectivity index (χ0n) is 40.4. The molecule has 289 valence electrons. The third kappa shape index (κ3) is 19.4. The summed E-state index contributed by atoms with van der Waals surface area (Å²) in [5, 5.41) is 0.160. The van der Waals surface area contributed by atoms with Gasteiger partial charge in [0.1, 0.15) is 11.6 Å². The summed E-state index contributed by atoms with van der Waals surface area (Å²) in [6.45, 7) is 9.57. The molecule has 2 aromatic rings. The normalized spacial score (nSPS) is 14.7. The van der Waals surface area contributed by atoms with Crippen LogP contribution in [0.4, 0.5) is 25.6 Å². The van der Waals surface area contributed by atoms with Crippen LogP contribution in [0.2, 0.25) is 5.28 Å². The fraction of sp³-hybridized carbons (Fsp3) is 0.545. The molecule has 0 N–H and O–H groups in total. The maximum Gasteiger partial charge on any atom is 0.325 e. The summed E-state index contributed by atoms with van der Waals surface area (Å²) in [4.78, 5) is 45.6. The van der Waals surface area contributed by atoms with E-state index in [4.69, 9.17) is 159 Å². The Bertz CT molecular complexity index is 1710. The molecular formula is C22H30B35ClFN8O2. The van der Waals surface area contributed by atoms with Gasteiger partial charge in [-0.3, -0.25) is 9.80 Å². The van der Waals surface area contributed by atoms with E-state index in [9.17, 15) is 14.0 Å². The highest BCUT2D eigenvalue weighted by molar-refractivity contribution is 8.25. The van der Waals surface area contributed by atoms with E-state index in [0.717, 1.165) is 0 Å². The first-order chi connectivity index (χ1) is 31.8. The Hall–Kier alpha value is -0.807. The van der Waals surface area contributed by atoms with E-state index in [1.165, 1.54) is 18.2 Å². The van der Waals surface area contributed by atoms with Crippen LogP contribution in [-0.4, -0.2) is 331 Å². The molecule has 0 unspecified atom stereocenters. The van der Waals surface area contributed by atoms with Gasteiger partial charge in [-0.05, 0) is 35.6 Å². The molecule has 2 aromatic heterocycles. The Balaban J connectivity index is 0.000000492. The number of likely N-dealkylation sites (N-methyl/N-ethyl adjacent to an activating group) is 2. The molecule has 4 rings (SSSR count). The molecule has 39 radical (unpaired) electrons. The van der Waals surface area contributed by atoms with Gasteiger partial charge in [-0.15, -0.1) is 0 Å². The van der Waals surface area contributed by atoms with E-state index in [0.29, 0.717) is 30.6 Å². The van der Waals surface area contributed by atoms with Crippen LogP contribution in [0.25, 0.3) is 0 Å². The van der Waals surface area contributed by atoms with Gasteiger partial charge in [0.05, 0.1) is 12.1 Å². The molecule has 0 aromatic carbocycles. The van der Waals surface area contributed by atoms with E-state index in [2.05, 4.69) is 33.8 Å². The predicted octanol–water partition coefficient (Wildman–Crippen LogP) is -9.79. The van der Waals surface area contributed by atoms with Crippen molar-refractivity contribution < 1.29 is 14.0 Å². The number of hydrogen-bond donors (Lipinski definition) is 0. The van der Waals surface area contributed by atoms with Gasteiger partial charge in [0, 0.05) is 289 Å². The topological polar surface area (TPSA) is 98.7 Å². The van der Waals surface area contributed by atoms with Crippen LogP contribution in [0.1, 0.15) is 27.7 Å². The second-order valence-corrected chi connectivity index (χ2v) is 18.2. The number of urea groups is 2. The van der Waals surface area contributed by atoms with Gasteiger partial charge in [0.15, 0.2) is 0 Å². The molecule has 0 bridgehead atoms. The lowest BCUT2D eigenvalue weighted by Gasteiger charge is -2.48. The van der Waals surface area contributed by atoms with E-state index in [1.54, 1.807) is 47.1 Å². The number of hydrogen-bond acceptors (Lipinski definition) is 6. The summed E-state index contributed by atoms with van der Waals surface area (Å²) in [6.07, 6.45) is -10.2. The van der Waals surface area contributed by atoms with E-state index >= 15 is 0 Å². The third-order valence-corrected chi connectivity index (χ3v) is 12.1. The predicted molar refractivity (Wildman–Crippen MR) is 329 cm³/mol. The largest absolute Gasteiger partial charge is 0.325 e. The first-order valence-electron chi connectivity index (χ1n) is 22.1. The fourth-order valence-electron chi connectivity index (χ4n) is 8.24. The molecule has 10 nitrogen and oxygen atoms in total. The first-order valence-corrected chi connectivity index (χ1v) is 22.4. The molecule has 4 amide bonds. The zero-order chi connectivity index (χ0) is 53.5. The molecule has 47 heteroatoms. The highest BCUT2D eigenvalue weighted by Crippen LogP contribution is 2.28. The third-order valence-electron chi connectivity index (χ3n) is 11.9. The average Bonchev–Trinajstić information content (AvgIpc) is 3.71. The lowest BCUT2D eigenvalue weighted by molar-refractivity contribution is 0.228. The van der Waals surface area contributed by atoms with Crippen LogP contribution in [-0.2, 0) is 0 Å². The van der Waals surface area contributed by atoms with E-state index in [-0.39, 0.29) is 35.3 Å². The lowest BCUT2D eigenvalue weighted by atomic mass is 8.33. The van der Waals surface area contributed by atoms with E-state index < -0.39 is 102 Å². The van der Waals surface area contributed by atoms with Crippen LogP contribution < -0.4 is 9.80 Å². The summed E-state index contributed by atoms with van der Waals surface area (Å²) in [5.41, 5.74) is 0. The van der Waals surface area contributed by atoms with Crippen LogP contribution >= 0.6 is 11.6 Å². The molecule has 0 aliphatic carbocycles. The smallest absolute Gasteiger partial charge is 0.325 e. The molecule has 0 spiro atoms.